The zero-order chi connectivity index (χ0) is 17.8. The number of nitrogens with zero attached hydrogens (tertiary/aromatic N) is 4. The largest absolute Gasteiger partial charge is 0.338 e. The zero-order valence-electron chi connectivity index (χ0n) is 15.0. The maximum Gasteiger partial charge on any atom is 0.274 e. The van der Waals surface area contributed by atoms with Gasteiger partial charge in [0.25, 0.3) is 5.91 Å². The van der Waals surface area contributed by atoms with Gasteiger partial charge in [0.15, 0.2) is 0 Å². The summed E-state index contributed by atoms with van der Waals surface area (Å²) in [5, 5.41) is 6.07. The van der Waals surface area contributed by atoms with Crippen molar-refractivity contribution in [2.75, 3.05) is 52.9 Å². The molecule has 2 amide bonds. The van der Waals surface area contributed by atoms with E-state index >= 15 is 0 Å². The second kappa shape index (κ2) is 8.25. The third-order valence-electron chi connectivity index (χ3n) is 4.84. The molecule has 1 aromatic heterocycles. The van der Waals surface area contributed by atoms with E-state index in [-0.39, 0.29) is 11.8 Å². The van der Waals surface area contributed by atoms with Crippen LogP contribution in [0.5, 0.6) is 0 Å². The average molecular weight is 366 g/mol. The number of likely N-dealkylation sites (N-methyl/N-ethyl adjacent to an activating group) is 1. The van der Waals surface area contributed by atoms with Crippen molar-refractivity contribution in [3.8, 4) is 0 Å². The van der Waals surface area contributed by atoms with Gasteiger partial charge in [0, 0.05) is 51.2 Å². The maximum absolute atomic E-state index is 13.0. The lowest BCUT2D eigenvalue weighted by atomic mass is 10.1. The molecule has 0 spiro atoms. The number of carbonyl (C=O) groups excluding carboxylic acids is 2. The highest BCUT2D eigenvalue weighted by atomic mass is 32.1. The number of amides is 2. The van der Waals surface area contributed by atoms with E-state index in [2.05, 4.69) is 29.2 Å². The summed E-state index contributed by atoms with van der Waals surface area (Å²) in [6, 6.07) is -0.430. The van der Waals surface area contributed by atoms with Crippen LogP contribution in [0.15, 0.2) is 5.38 Å². The highest BCUT2D eigenvalue weighted by Gasteiger charge is 2.36. The van der Waals surface area contributed by atoms with Crippen molar-refractivity contribution < 1.29 is 9.59 Å². The van der Waals surface area contributed by atoms with E-state index in [4.69, 9.17) is 0 Å². The molecule has 2 fully saturated rings. The normalized spacial score (nSPS) is 22.2. The van der Waals surface area contributed by atoms with Crippen molar-refractivity contribution in [1.82, 2.24) is 25.0 Å². The van der Waals surface area contributed by atoms with Gasteiger partial charge in [-0.1, -0.05) is 6.92 Å². The molecule has 25 heavy (non-hydrogen) atoms. The smallest absolute Gasteiger partial charge is 0.274 e. The summed E-state index contributed by atoms with van der Waals surface area (Å²) in [5.41, 5.74) is 0.478. The van der Waals surface area contributed by atoms with E-state index in [0.717, 1.165) is 44.0 Å². The number of hydrogen-bond donors (Lipinski definition) is 1. The van der Waals surface area contributed by atoms with Gasteiger partial charge in [-0.05, 0) is 19.9 Å². The maximum atomic E-state index is 13.0. The number of nitrogens with one attached hydrogen (secondary N) is 1. The molecule has 2 aliphatic heterocycles. The monoisotopic (exact) mass is 365 g/mol. The van der Waals surface area contributed by atoms with E-state index < -0.39 is 6.04 Å². The Kier molecular flexibility index (Phi) is 6.03. The van der Waals surface area contributed by atoms with E-state index in [1.165, 1.54) is 11.3 Å². The highest BCUT2D eigenvalue weighted by Crippen LogP contribution is 2.17. The molecular weight excluding hydrogens is 338 g/mol. The summed E-state index contributed by atoms with van der Waals surface area (Å²) in [6.45, 7) is 7.09. The molecule has 1 aromatic rings. The summed E-state index contributed by atoms with van der Waals surface area (Å²) in [7, 11) is 2.07. The lowest BCUT2D eigenvalue weighted by Gasteiger charge is -2.40. The van der Waals surface area contributed by atoms with Gasteiger partial charge in [-0.3, -0.25) is 9.59 Å². The SMILES string of the molecule is CCCc1nc(C(=O)N2CCNC[C@@H]2C(=O)N2CCN(C)CC2)cs1. The van der Waals surface area contributed by atoms with Crippen LogP contribution in [-0.2, 0) is 11.2 Å². The van der Waals surface area contributed by atoms with E-state index in [0.29, 0.717) is 25.3 Å². The zero-order valence-corrected chi connectivity index (χ0v) is 15.8. The molecule has 1 N–H and O–H groups in total. The van der Waals surface area contributed by atoms with Crippen LogP contribution in [0.1, 0.15) is 28.8 Å². The lowest BCUT2D eigenvalue weighted by molar-refractivity contribution is -0.138. The first-order chi connectivity index (χ1) is 12.1. The predicted molar refractivity (Wildman–Crippen MR) is 97.9 cm³/mol. The van der Waals surface area contributed by atoms with Crippen LogP contribution in [0.3, 0.4) is 0 Å². The van der Waals surface area contributed by atoms with E-state index in [1.807, 2.05) is 10.3 Å². The minimum absolute atomic E-state index is 0.0534. The molecular formula is C17H27N5O2S. The first-order valence-electron chi connectivity index (χ1n) is 9.03. The Hall–Kier alpha value is -1.51. The van der Waals surface area contributed by atoms with Crippen LogP contribution in [0.25, 0.3) is 0 Å². The average Bonchev–Trinajstić information content (AvgIpc) is 3.10. The molecule has 1 atom stereocenters. The molecule has 3 rings (SSSR count). The van der Waals surface area contributed by atoms with Gasteiger partial charge in [-0.15, -0.1) is 11.3 Å². The predicted octanol–water partition coefficient (Wildman–Crippen LogP) is 0.284. The minimum atomic E-state index is -0.430. The molecule has 7 nitrogen and oxygen atoms in total. The van der Waals surface area contributed by atoms with Crippen LogP contribution in [-0.4, -0.2) is 90.4 Å². The van der Waals surface area contributed by atoms with Gasteiger partial charge in [-0.2, -0.15) is 0 Å². The van der Waals surface area contributed by atoms with Crippen molar-refractivity contribution in [1.29, 1.82) is 0 Å². The van der Waals surface area contributed by atoms with Crippen molar-refractivity contribution in [3.63, 3.8) is 0 Å². The summed E-state index contributed by atoms with van der Waals surface area (Å²) < 4.78 is 0. The Morgan fingerprint density at radius 2 is 2.04 bits per heavy atom. The van der Waals surface area contributed by atoms with Crippen molar-refractivity contribution >= 4 is 23.2 Å². The Bertz CT molecular complexity index is 612. The summed E-state index contributed by atoms with van der Waals surface area (Å²) in [5.74, 6) is -0.0646. The molecule has 8 heteroatoms. The van der Waals surface area contributed by atoms with Crippen LogP contribution >= 0.6 is 11.3 Å². The number of piperazine rings is 2. The number of rotatable bonds is 4. The summed E-state index contributed by atoms with van der Waals surface area (Å²) in [6.07, 6.45) is 1.91. The van der Waals surface area contributed by atoms with Gasteiger partial charge < -0.3 is 20.0 Å². The Morgan fingerprint density at radius 1 is 1.28 bits per heavy atom. The van der Waals surface area contributed by atoms with Gasteiger partial charge in [0.1, 0.15) is 11.7 Å². The van der Waals surface area contributed by atoms with Crippen molar-refractivity contribution in [3.05, 3.63) is 16.1 Å². The number of aromatic nitrogens is 1. The molecule has 2 aliphatic rings. The molecule has 3 heterocycles. The fourth-order valence-corrected chi connectivity index (χ4v) is 4.16. The third-order valence-corrected chi connectivity index (χ3v) is 5.75. The quantitative estimate of drug-likeness (QED) is 0.830. The molecule has 0 aromatic carbocycles. The molecule has 138 valence electrons. The van der Waals surface area contributed by atoms with Crippen LogP contribution in [0.2, 0.25) is 0 Å². The van der Waals surface area contributed by atoms with Crippen LogP contribution in [0, 0.1) is 0 Å². The molecule has 0 radical (unpaired) electrons. The molecule has 0 unspecified atom stereocenters. The number of carbonyl (C=O) groups is 2. The second-order valence-electron chi connectivity index (χ2n) is 6.72. The van der Waals surface area contributed by atoms with Crippen molar-refractivity contribution in [2.24, 2.45) is 0 Å². The highest BCUT2D eigenvalue weighted by molar-refractivity contribution is 7.09. The first kappa shape index (κ1) is 18.3. The first-order valence-corrected chi connectivity index (χ1v) is 9.91. The van der Waals surface area contributed by atoms with Gasteiger partial charge in [0.2, 0.25) is 5.91 Å². The Labute approximate surface area is 153 Å². The summed E-state index contributed by atoms with van der Waals surface area (Å²) >= 11 is 1.53. The van der Waals surface area contributed by atoms with E-state index in [9.17, 15) is 9.59 Å². The molecule has 0 aliphatic carbocycles. The Balaban J connectivity index is 1.71. The number of hydrogen-bond acceptors (Lipinski definition) is 6. The molecule has 0 bridgehead atoms. The molecule has 0 saturated carbocycles. The van der Waals surface area contributed by atoms with E-state index in [1.54, 1.807) is 4.90 Å². The minimum Gasteiger partial charge on any atom is -0.338 e. The van der Waals surface area contributed by atoms with Crippen LogP contribution < -0.4 is 5.32 Å². The molecule has 2 saturated heterocycles. The van der Waals surface area contributed by atoms with Gasteiger partial charge >= 0.3 is 0 Å². The summed E-state index contributed by atoms with van der Waals surface area (Å²) in [4.78, 5) is 36.2. The fourth-order valence-electron chi connectivity index (χ4n) is 3.29. The third kappa shape index (κ3) is 4.19. The fraction of sp³-hybridized carbons (Fsp3) is 0.706. The van der Waals surface area contributed by atoms with Gasteiger partial charge in [0.05, 0.1) is 5.01 Å². The standard InChI is InChI=1S/C17H27N5O2S/c1-3-4-15-19-13(12-25-15)16(23)22-6-5-18-11-14(22)17(24)21-9-7-20(2)8-10-21/h12,14,18H,3-11H2,1-2H3/t14-/m1/s1. The topological polar surface area (TPSA) is 68.8 Å². The van der Waals surface area contributed by atoms with Crippen molar-refractivity contribution in [2.45, 2.75) is 25.8 Å². The number of aryl methyl sites for hydroxylation is 1. The lowest BCUT2D eigenvalue weighted by Crippen LogP contribution is -2.62. The van der Waals surface area contributed by atoms with Crippen LogP contribution in [0.4, 0.5) is 0 Å². The van der Waals surface area contributed by atoms with Gasteiger partial charge in [-0.25, -0.2) is 4.98 Å². The number of thiazole rings is 1. The Morgan fingerprint density at radius 3 is 2.76 bits per heavy atom. The second-order valence-corrected chi connectivity index (χ2v) is 7.67.